The molecular formula is C14H27N3O. The highest BCUT2D eigenvalue weighted by Gasteiger charge is 2.13. The van der Waals surface area contributed by atoms with Crippen LogP contribution in [0.15, 0.2) is 0 Å². The second-order valence-corrected chi connectivity index (χ2v) is 5.17. The van der Waals surface area contributed by atoms with Crippen LogP contribution in [0.2, 0.25) is 0 Å². The number of aryl methyl sites for hydroxylation is 1. The maximum absolute atomic E-state index is 9.23. The first kappa shape index (κ1) is 15.2. The van der Waals surface area contributed by atoms with Crippen LogP contribution in [0, 0.1) is 0 Å². The van der Waals surface area contributed by atoms with E-state index in [1.165, 1.54) is 38.5 Å². The Labute approximate surface area is 110 Å². The molecule has 104 valence electrons. The Morgan fingerprint density at radius 1 is 1.00 bits per heavy atom. The highest BCUT2D eigenvalue weighted by molar-refractivity contribution is 4.97. The lowest BCUT2D eigenvalue weighted by Gasteiger charge is -2.12. The molecule has 0 aliphatic carbocycles. The molecule has 1 rings (SSSR count). The van der Waals surface area contributed by atoms with Crippen molar-refractivity contribution in [2.45, 2.75) is 78.4 Å². The molecule has 1 aromatic rings. The number of aromatic nitrogens is 3. The molecule has 0 atom stereocenters. The zero-order valence-electron chi connectivity index (χ0n) is 12.0. The highest BCUT2D eigenvalue weighted by Crippen LogP contribution is 2.14. The molecule has 0 bridgehead atoms. The molecule has 1 heterocycles. The first-order valence-electron chi connectivity index (χ1n) is 7.24. The number of aliphatic hydroxyl groups excluding tert-OH is 1. The van der Waals surface area contributed by atoms with Gasteiger partial charge in [0.2, 0.25) is 0 Å². The van der Waals surface area contributed by atoms with Crippen LogP contribution in [0.5, 0.6) is 0 Å². The van der Waals surface area contributed by atoms with Crippen molar-refractivity contribution in [3.05, 3.63) is 11.6 Å². The van der Waals surface area contributed by atoms with Gasteiger partial charge in [-0.3, -0.25) is 0 Å². The van der Waals surface area contributed by atoms with Crippen LogP contribution < -0.4 is 0 Å². The predicted molar refractivity (Wildman–Crippen MR) is 73.4 cm³/mol. The molecule has 1 N–H and O–H groups in total. The van der Waals surface area contributed by atoms with Gasteiger partial charge in [-0.05, 0) is 20.3 Å². The Kier molecular flexibility index (Phi) is 6.94. The zero-order chi connectivity index (χ0) is 13.4. The van der Waals surface area contributed by atoms with E-state index in [4.69, 9.17) is 0 Å². The maximum atomic E-state index is 9.23. The minimum absolute atomic E-state index is 0.0261. The van der Waals surface area contributed by atoms with Gasteiger partial charge < -0.3 is 9.67 Å². The molecule has 1 aromatic heterocycles. The molecule has 0 fully saturated rings. The Hall–Kier alpha value is -0.900. The summed E-state index contributed by atoms with van der Waals surface area (Å²) in [6.07, 6.45) is 8.70. The van der Waals surface area contributed by atoms with Gasteiger partial charge in [0.05, 0.1) is 0 Å². The highest BCUT2D eigenvalue weighted by atomic mass is 16.3. The topological polar surface area (TPSA) is 50.9 Å². The van der Waals surface area contributed by atoms with Crippen molar-refractivity contribution >= 4 is 0 Å². The lowest BCUT2D eigenvalue weighted by atomic mass is 10.1. The Morgan fingerprint density at radius 3 is 2.22 bits per heavy atom. The molecule has 0 aliphatic rings. The van der Waals surface area contributed by atoms with Crippen LogP contribution in [0.1, 0.15) is 77.0 Å². The SMILES string of the molecule is CCCCCCCCc1nnc(CO)n1C(C)C. The van der Waals surface area contributed by atoms with Crippen molar-refractivity contribution < 1.29 is 5.11 Å². The van der Waals surface area contributed by atoms with Gasteiger partial charge in [-0.25, -0.2) is 0 Å². The summed E-state index contributed by atoms with van der Waals surface area (Å²) in [4.78, 5) is 0. The van der Waals surface area contributed by atoms with Crippen molar-refractivity contribution in [1.29, 1.82) is 0 Å². The van der Waals surface area contributed by atoms with Gasteiger partial charge in [0.15, 0.2) is 5.82 Å². The van der Waals surface area contributed by atoms with Crippen LogP contribution in [0.4, 0.5) is 0 Å². The molecule has 4 nitrogen and oxygen atoms in total. The van der Waals surface area contributed by atoms with E-state index in [2.05, 4.69) is 35.5 Å². The molecule has 0 spiro atoms. The molecule has 18 heavy (non-hydrogen) atoms. The Bertz CT molecular complexity index is 334. The summed E-state index contributed by atoms with van der Waals surface area (Å²) in [6.45, 7) is 6.42. The third-order valence-corrected chi connectivity index (χ3v) is 3.25. The van der Waals surface area contributed by atoms with E-state index in [0.29, 0.717) is 11.9 Å². The molecule has 0 aromatic carbocycles. The van der Waals surface area contributed by atoms with Crippen LogP contribution >= 0.6 is 0 Å². The van der Waals surface area contributed by atoms with Crippen LogP contribution in [0.25, 0.3) is 0 Å². The van der Waals surface area contributed by atoms with Gasteiger partial charge in [0.25, 0.3) is 0 Å². The smallest absolute Gasteiger partial charge is 0.159 e. The average Bonchev–Trinajstić information content (AvgIpc) is 2.76. The van der Waals surface area contributed by atoms with Crippen LogP contribution in [0.3, 0.4) is 0 Å². The molecule has 0 radical (unpaired) electrons. The first-order chi connectivity index (χ1) is 8.70. The molecule has 0 aliphatic heterocycles. The number of nitrogens with zero attached hydrogens (tertiary/aromatic N) is 3. The van der Waals surface area contributed by atoms with E-state index < -0.39 is 0 Å². The third kappa shape index (κ3) is 4.41. The summed E-state index contributed by atoms with van der Waals surface area (Å²) in [7, 11) is 0. The van der Waals surface area contributed by atoms with E-state index in [0.717, 1.165) is 12.2 Å². The standard InChI is InChI=1S/C14H27N3O/c1-4-5-6-7-8-9-10-13-15-16-14(11-18)17(13)12(2)3/h12,18H,4-11H2,1-3H3. The summed E-state index contributed by atoms with van der Waals surface area (Å²) in [5.41, 5.74) is 0. The Balaban J connectivity index is 2.40. The summed E-state index contributed by atoms with van der Waals surface area (Å²) in [5, 5.41) is 17.5. The summed E-state index contributed by atoms with van der Waals surface area (Å²) < 4.78 is 2.06. The number of aliphatic hydroxyl groups is 1. The van der Waals surface area contributed by atoms with Crippen molar-refractivity contribution in [3.63, 3.8) is 0 Å². The summed E-state index contributed by atoms with van der Waals surface area (Å²) >= 11 is 0. The third-order valence-electron chi connectivity index (χ3n) is 3.25. The minimum Gasteiger partial charge on any atom is -0.388 e. The number of hydrogen-bond donors (Lipinski definition) is 1. The van der Waals surface area contributed by atoms with Gasteiger partial charge in [-0.15, -0.1) is 10.2 Å². The molecule has 0 saturated heterocycles. The second-order valence-electron chi connectivity index (χ2n) is 5.17. The minimum atomic E-state index is -0.0261. The van der Waals surface area contributed by atoms with Crippen molar-refractivity contribution in [2.24, 2.45) is 0 Å². The lowest BCUT2D eigenvalue weighted by Crippen LogP contribution is -2.10. The van der Waals surface area contributed by atoms with E-state index in [9.17, 15) is 5.11 Å². The number of rotatable bonds is 9. The molecule has 0 saturated carbocycles. The molecule has 4 heteroatoms. The summed E-state index contributed by atoms with van der Waals surface area (Å²) in [6, 6.07) is 0.317. The Morgan fingerprint density at radius 2 is 1.61 bits per heavy atom. The van der Waals surface area contributed by atoms with Crippen molar-refractivity contribution in [2.75, 3.05) is 0 Å². The fourth-order valence-electron chi connectivity index (χ4n) is 2.30. The normalized spacial score (nSPS) is 11.4. The zero-order valence-corrected chi connectivity index (χ0v) is 12.0. The van der Waals surface area contributed by atoms with Crippen LogP contribution in [-0.4, -0.2) is 19.9 Å². The van der Waals surface area contributed by atoms with E-state index in [1.807, 2.05) is 0 Å². The first-order valence-corrected chi connectivity index (χ1v) is 7.24. The molecule has 0 amide bonds. The van der Waals surface area contributed by atoms with Gasteiger partial charge >= 0.3 is 0 Å². The number of hydrogen-bond acceptors (Lipinski definition) is 3. The van der Waals surface area contributed by atoms with Gasteiger partial charge in [0, 0.05) is 12.5 Å². The van der Waals surface area contributed by atoms with Gasteiger partial charge in [-0.1, -0.05) is 39.0 Å². The number of unbranched alkanes of at least 4 members (excludes halogenated alkanes) is 5. The van der Waals surface area contributed by atoms with Crippen LogP contribution in [-0.2, 0) is 13.0 Å². The van der Waals surface area contributed by atoms with Gasteiger partial charge in [0.1, 0.15) is 12.4 Å². The van der Waals surface area contributed by atoms with Crippen molar-refractivity contribution in [1.82, 2.24) is 14.8 Å². The van der Waals surface area contributed by atoms with E-state index >= 15 is 0 Å². The largest absolute Gasteiger partial charge is 0.388 e. The second kappa shape index (κ2) is 8.25. The summed E-state index contributed by atoms with van der Waals surface area (Å²) in [5.74, 6) is 1.70. The fraction of sp³-hybridized carbons (Fsp3) is 0.857. The fourth-order valence-corrected chi connectivity index (χ4v) is 2.30. The monoisotopic (exact) mass is 253 g/mol. The average molecular weight is 253 g/mol. The quantitative estimate of drug-likeness (QED) is 0.687. The van der Waals surface area contributed by atoms with Gasteiger partial charge in [-0.2, -0.15) is 0 Å². The van der Waals surface area contributed by atoms with E-state index in [1.54, 1.807) is 0 Å². The van der Waals surface area contributed by atoms with E-state index in [-0.39, 0.29) is 6.61 Å². The maximum Gasteiger partial charge on any atom is 0.159 e. The predicted octanol–water partition coefficient (Wildman–Crippen LogP) is 3.25. The molecule has 0 unspecified atom stereocenters. The lowest BCUT2D eigenvalue weighted by molar-refractivity contribution is 0.261. The van der Waals surface area contributed by atoms with Crippen molar-refractivity contribution in [3.8, 4) is 0 Å². The molecular weight excluding hydrogens is 226 g/mol.